The number of sulfonamides is 1. The van der Waals surface area contributed by atoms with Gasteiger partial charge in [0.25, 0.3) is 0 Å². The number of aromatic nitrogens is 2. The molecule has 1 atom stereocenters. The summed E-state index contributed by atoms with van der Waals surface area (Å²) < 4.78 is 29.1. The lowest BCUT2D eigenvalue weighted by atomic mass is 10.2. The van der Waals surface area contributed by atoms with Crippen molar-refractivity contribution < 1.29 is 13.2 Å². The highest BCUT2D eigenvalue weighted by molar-refractivity contribution is 7.89. The van der Waals surface area contributed by atoms with Gasteiger partial charge in [-0.1, -0.05) is 6.92 Å². The summed E-state index contributed by atoms with van der Waals surface area (Å²) >= 11 is 0. The van der Waals surface area contributed by atoms with Gasteiger partial charge in [0.15, 0.2) is 5.75 Å². The Morgan fingerprint density at radius 3 is 2.47 bits per heavy atom. The van der Waals surface area contributed by atoms with Gasteiger partial charge in [0.1, 0.15) is 5.69 Å². The minimum Gasteiger partial charge on any atom is -0.489 e. The van der Waals surface area contributed by atoms with Crippen molar-refractivity contribution in [3.05, 3.63) is 11.4 Å². The van der Waals surface area contributed by atoms with E-state index in [1.165, 1.54) is 0 Å². The molecular weight excluding hydrogens is 242 g/mol. The highest BCUT2D eigenvalue weighted by atomic mass is 32.2. The van der Waals surface area contributed by atoms with Gasteiger partial charge < -0.3 is 4.74 Å². The van der Waals surface area contributed by atoms with Crippen molar-refractivity contribution in [2.45, 2.75) is 20.8 Å². The van der Waals surface area contributed by atoms with Crippen LogP contribution in [0.3, 0.4) is 0 Å². The third-order valence-corrected chi connectivity index (χ3v) is 3.51. The van der Waals surface area contributed by atoms with Gasteiger partial charge in [-0.15, -0.1) is 0 Å². The van der Waals surface area contributed by atoms with E-state index in [4.69, 9.17) is 9.88 Å². The van der Waals surface area contributed by atoms with Gasteiger partial charge in [-0.3, -0.25) is 4.68 Å². The molecule has 1 heterocycles. The average Bonchev–Trinajstić information content (AvgIpc) is 2.36. The first-order valence-electron chi connectivity index (χ1n) is 5.34. The average molecular weight is 261 g/mol. The minimum atomic E-state index is -3.44. The molecule has 1 rings (SSSR count). The standard InChI is InChI=1S/C10H19N3O3S/c1-7(6-17(11,14)15)5-16-10-8(2)12-13(4)9(10)3/h7H,5-6H2,1-4H3,(H2,11,14,15). The molecule has 0 aliphatic heterocycles. The lowest BCUT2D eigenvalue weighted by Gasteiger charge is -2.12. The molecule has 0 aliphatic carbocycles. The Kier molecular flexibility index (Phi) is 4.16. The topological polar surface area (TPSA) is 87.2 Å². The van der Waals surface area contributed by atoms with E-state index in [0.29, 0.717) is 12.4 Å². The molecule has 0 amide bonds. The van der Waals surface area contributed by atoms with Gasteiger partial charge in [-0.25, -0.2) is 13.6 Å². The molecule has 17 heavy (non-hydrogen) atoms. The van der Waals surface area contributed by atoms with Gasteiger partial charge in [0, 0.05) is 13.0 Å². The monoisotopic (exact) mass is 261 g/mol. The Morgan fingerprint density at radius 2 is 2.06 bits per heavy atom. The summed E-state index contributed by atoms with van der Waals surface area (Å²) in [5.41, 5.74) is 1.72. The Labute approximate surface area is 102 Å². The quantitative estimate of drug-likeness (QED) is 0.828. The van der Waals surface area contributed by atoms with Crippen LogP contribution < -0.4 is 9.88 Å². The van der Waals surface area contributed by atoms with Crippen molar-refractivity contribution in [1.29, 1.82) is 0 Å². The summed E-state index contributed by atoms with van der Waals surface area (Å²) in [7, 11) is -1.61. The molecule has 0 bridgehead atoms. The van der Waals surface area contributed by atoms with Crippen LogP contribution in [0.15, 0.2) is 0 Å². The Morgan fingerprint density at radius 1 is 1.47 bits per heavy atom. The van der Waals surface area contributed by atoms with Crippen molar-refractivity contribution in [3.8, 4) is 5.75 Å². The molecule has 7 heteroatoms. The smallest absolute Gasteiger partial charge is 0.209 e. The van der Waals surface area contributed by atoms with Crippen LogP contribution in [0.25, 0.3) is 0 Å². The molecule has 0 aliphatic rings. The van der Waals surface area contributed by atoms with Crippen LogP contribution in [0.4, 0.5) is 0 Å². The normalized spacial score (nSPS) is 13.7. The second-order valence-electron chi connectivity index (χ2n) is 4.37. The number of nitrogens with zero attached hydrogens (tertiary/aromatic N) is 2. The predicted molar refractivity (Wildman–Crippen MR) is 65.3 cm³/mol. The molecule has 0 radical (unpaired) electrons. The highest BCUT2D eigenvalue weighted by Gasteiger charge is 2.15. The largest absolute Gasteiger partial charge is 0.489 e. The maximum atomic E-state index is 10.9. The predicted octanol–water partition coefficient (Wildman–Crippen LogP) is 0.340. The summed E-state index contributed by atoms with van der Waals surface area (Å²) in [6.07, 6.45) is 0. The van der Waals surface area contributed by atoms with Crippen molar-refractivity contribution >= 4 is 10.0 Å². The number of hydrogen-bond acceptors (Lipinski definition) is 4. The second kappa shape index (κ2) is 5.05. The lowest BCUT2D eigenvalue weighted by Crippen LogP contribution is -2.25. The van der Waals surface area contributed by atoms with E-state index >= 15 is 0 Å². The van der Waals surface area contributed by atoms with Crippen LogP contribution in [-0.4, -0.2) is 30.6 Å². The summed E-state index contributed by atoms with van der Waals surface area (Å²) in [4.78, 5) is 0. The zero-order chi connectivity index (χ0) is 13.2. The fourth-order valence-corrected chi connectivity index (χ4v) is 2.52. The van der Waals surface area contributed by atoms with Crippen LogP contribution in [0.1, 0.15) is 18.3 Å². The fraction of sp³-hybridized carbons (Fsp3) is 0.700. The van der Waals surface area contributed by atoms with Gasteiger partial charge >= 0.3 is 0 Å². The Bertz CT molecular complexity index is 493. The molecule has 0 saturated heterocycles. The van der Waals surface area contributed by atoms with E-state index in [1.54, 1.807) is 11.6 Å². The first-order valence-corrected chi connectivity index (χ1v) is 7.05. The number of rotatable bonds is 5. The molecule has 98 valence electrons. The molecule has 6 nitrogen and oxygen atoms in total. The van der Waals surface area contributed by atoms with Gasteiger partial charge in [0.2, 0.25) is 10.0 Å². The minimum absolute atomic E-state index is 0.0780. The van der Waals surface area contributed by atoms with Gasteiger partial charge in [-0.05, 0) is 13.8 Å². The third kappa shape index (κ3) is 4.01. The zero-order valence-electron chi connectivity index (χ0n) is 10.6. The number of primary sulfonamides is 1. The summed E-state index contributed by atoms with van der Waals surface area (Å²) in [6, 6.07) is 0. The van der Waals surface area contributed by atoms with Crippen LogP contribution in [-0.2, 0) is 17.1 Å². The van der Waals surface area contributed by atoms with E-state index in [9.17, 15) is 8.42 Å². The van der Waals surface area contributed by atoms with Crippen LogP contribution in [0, 0.1) is 19.8 Å². The number of nitrogens with two attached hydrogens (primary N) is 1. The van der Waals surface area contributed by atoms with E-state index in [-0.39, 0.29) is 11.7 Å². The van der Waals surface area contributed by atoms with Crippen molar-refractivity contribution in [3.63, 3.8) is 0 Å². The molecule has 0 saturated carbocycles. The Hall–Kier alpha value is -1.08. The summed E-state index contributed by atoms with van der Waals surface area (Å²) in [5, 5.41) is 9.18. The van der Waals surface area contributed by atoms with E-state index in [0.717, 1.165) is 11.4 Å². The van der Waals surface area contributed by atoms with Gasteiger partial charge in [0.05, 0.1) is 18.1 Å². The van der Waals surface area contributed by atoms with Gasteiger partial charge in [-0.2, -0.15) is 5.10 Å². The van der Waals surface area contributed by atoms with E-state index in [1.807, 2.05) is 20.9 Å². The molecule has 2 N–H and O–H groups in total. The lowest BCUT2D eigenvalue weighted by molar-refractivity contribution is 0.268. The number of aryl methyl sites for hydroxylation is 2. The molecule has 1 aromatic rings. The molecule has 1 unspecified atom stereocenters. The molecule has 0 fully saturated rings. The first kappa shape index (κ1) is 14.0. The highest BCUT2D eigenvalue weighted by Crippen LogP contribution is 2.21. The second-order valence-corrected chi connectivity index (χ2v) is 6.03. The first-order chi connectivity index (χ1) is 7.70. The fourth-order valence-electron chi connectivity index (χ4n) is 1.63. The van der Waals surface area contributed by atoms with Crippen molar-refractivity contribution in [2.24, 2.45) is 18.1 Å². The van der Waals surface area contributed by atoms with Crippen LogP contribution in [0.2, 0.25) is 0 Å². The summed E-state index contributed by atoms with van der Waals surface area (Å²) in [6.45, 7) is 5.85. The third-order valence-electron chi connectivity index (χ3n) is 2.47. The molecule has 0 aromatic carbocycles. The van der Waals surface area contributed by atoms with E-state index < -0.39 is 10.0 Å². The van der Waals surface area contributed by atoms with Crippen molar-refractivity contribution in [1.82, 2.24) is 9.78 Å². The maximum Gasteiger partial charge on any atom is 0.209 e. The Balaban J connectivity index is 2.62. The summed E-state index contributed by atoms with van der Waals surface area (Å²) in [5.74, 6) is 0.489. The molecule has 1 aromatic heterocycles. The van der Waals surface area contributed by atoms with Crippen LogP contribution in [0.5, 0.6) is 5.75 Å². The maximum absolute atomic E-state index is 10.9. The van der Waals surface area contributed by atoms with Crippen molar-refractivity contribution in [2.75, 3.05) is 12.4 Å². The van der Waals surface area contributed by atoms with Crippen LogP contribution >= 0.6 is 0 Å². The SMILES string of the molecule is Cc1nn(C)c(C)c1OCC(C)CS(N)(=O)=O. The molecular formula is C10H19N3O3S. The molecule has 0 spiro atoms. The van der Waals surface area contributed by atoms with E-state index in [2.05, 4.69) is 5.10 Å². The number of hydrogen-bond donors (Lipinski definition) is 1. The number of ether oxygens (including phenoxy) is 1. The zero-order valence-corrected chi connectivity index (χ0v) is 11.4.